The van der Waals surface area contributed by atoms with Crippen LogP contribution in [0, 0.1) is 0 Å². The summed E-state index contributed by atoms with van der Waals surface area (Å²) in [5, 5.41) is 4.22. The van der Waals surface area contributed by atoms with E-state index >= 15 is 0 Å². The van der Waals surface area contributed by atoms with Crippen LogP contribution in [-0.4, -0.2) is 4.98 Å². The van der Waals surface area contributed by atoms with Crippen LogP contribution in [0.4, 0.5) is 0 Å². The summed E-state index contributed by atoms with van der Waals surface area (Å²) in [6.45, 7) is 0. The molecule has 3 rings (SSSR count). The molecule has 0 saturated heterocycles. The lowest BCUT2D eigenvalue weighted by Gasteiger charge is -1.97. The number of halogens is 1. The molecule has 1 aliphatic carbocycles. The lowest BCUT2D eigenvalue weighted by molar-refractivity contribution is 1.01. The van der Waals surface area contributed by atoms with Gasteiger partial charge in [-0.1, -0.05) is 23.7 Å². The van der Waals surface area contributed by atoms with Gasteiger partial charge in [-0.15, -0.1) is 11.3 Å². The molecule has 0 spiro atoms. The number of aromatic nitrogens is 1. The van der Waals surface area contributed by atoms with Gasteiger partial charge in [-0.3, -0.25) is 0 Å². The van der Waals surface area contributed by atoms with E-state index < -0.39 is 0 Å². The van der Waals surface area contributed by atoms with Crippen molar-refractivity contribution in [3.05, 3.63) is 50.9 Å². The highest BCUT2D eigenvalue weighted by molar-refractivity contribution is 7.09. The topological polar surface area (TPSA) is 12.9 Å². The first-order valence-electron chi connectivity index (χ1n) is 5.50. The Morgan fingerprint density at radius 2 is 2.00 bits per heavy atom. The fourth-order valence-corrected chi connectivity index (χ4v) is 2.79. The van der Waals surface area contributed by atoms with Crippen molar-refractivity contribution in [2.24, 2.45) is 0 Å². The summed E-state index contributed by atoms with van der Waals surface area (Å²) in [5.41, 5.74) is 2.58. The van der Waals surface area contributed by atoms with Crippen LogP contribution in [-0.2, 0) is 6.42 Å². The molecule has 0 amide bonds. The molecule has 3 heteroatoms. The number of nitrogens with zero attached hydrogens (tertiary/aromatic N) is 1. The summed E-state index contributed by atoms with van der Waals surface area (Å²) in [4.78, 5) is 4.68. The van der Waals surface area contributed by atoms with Gasteiger partial charge in [0, 0.05) is 22.7 Å². The fourth-order valence-electron chi connectivity index (χ4n) is 1.75. The smallest absolute Gasteiger partial charge is 0.0972 e. The molecular formula is C13H12ClNS. The van der Waals surface area contributed by atoms with E-state index in [1.165, 1.54) is 29.1 Å². The Morgan fingerprint density at radius 3 is 2.69 bits per heavy atom. The van der Waals surface area contributed by atoms with Crippen LogP contribution in [0.15, 0.2) is 29.6 Å². The maximum atomic E-state index is 5.86. The minimum absolute atomic E-state index is 0.759. The number of rotatable bonds is 3. The van der Waals surface area contributed by atoms with Crippen molar-refractivity contribution in [1.29, 1.82) is 0 Å². The Bertz CT molecular complexity index is 485. The van der Waals surface area contributed by atoms with Gasteiger partial charge >= 0.3 is 0 Å². The Balaban J connectivity index is 1.75. The first-order chi connectivity index (χ1) is 7.81. The Hall–Kier alpha value is -0.860. The van der Waals surface area contributed by atoms with Gasteiger partial charge in [-0.05, 0) is 30.5 Å². The monoisotopic (exact) mass is 249 g/mol. The first kappa shape index (κ1) is 10.3. The average Bonchev–Trinajstić information content (AvgIpc) is 3.04. The van der Waals surface area contributed by atoms with E-state index in [9.17, 15) is 0 Å². The van der Waals surface area contributed by atoms with E-state index in [0.29, 0.717) is 0 Å². The Kier molecular flexibility index (Phi) is 2.70. The van der Waals surface area contributed by atoms with Crippen LogP contribution < -0.4 is 0 Å². The molecular weight excluding hydrogens is 238 g/mol. The lowest BCUT2D eigenvalue weighted by atomic mass is 10.2. The predicted octanol–water partition coefficient (Wildman–Crippen LogP) is 4.26. The number of benzene rings is 1. The second-order valence-corrected chi connectivity index (χ2v) is 5.62. The van der Waals surface area contributed by atoms with Crippen molar-refractivity contribution in [1.82, 2.24) is 4.98 Å². The molecule has 1 heterocycles. The maximum Gasteiger partial charge on any atom is 0.0972 e. The third kappa shape index (κ3) is 2.28. The molecule has 1 nitrogen and oxygen atoms in total. The quantitative estimate of drug-likeness (QED) is 0.792. The average molecular weight is 250 g/mol. The van der Waals surface area contributed by atoms with E-state index in [-0.39, 0.29) is 0 Å². The summed E-state index contributed by atoms with van der Waals surface area (Å²) >= 11 is 7.63. The van der Waals surface area contributed by atoms with Gasteiger partial charge in [-0.2, -0.15) is 0 Å². The Labute approximate surface area is 104 Å². The van der Waals surface area contributed by atoms with Gasteiger partial charge in [0.1, 0.15) is 0 Å². The molecule has 82 valence electrons. The summed E-state index contributed by atoms with van der Waals surface area (Å²) in [5.74, 6) is 0.759. The van der Waals surface area contributed by atoms with Crippen molar-refractivity contribution < 1.29 is 0 Å². The van der Waals surface area contributed by atoms with Crippen molar-refractivity contribution >= 4 is 22.9 Å². The standard InChI is InChI=1S/C13H12ClNS/c14-11-5-1-9(2-6-11)7-13-15-12(8-16-13)10-3-4-10/h1-2,5-6,8,10H,3-4,7H2. The van der Waals surface area contributed by atoms with Crippen LogP contribution in [0.2, 0.25) is 5.02 Å². The molecule has 0 aliphatic heterocycles. The van der Waals surface area contributed by atoms with Crippen molar-refractivity contribution in [2.75, 3.05) is 0 Å². The second kappa shape index (κ2) is 4.19. The van der Waals surface area contributed by atoms with Crippen molar-refractivity contribution in [3.63, 3.8) is 0 Å². The molecule has 0 bridgehead atoms. The van der Waals surface area contributed by atoms with Gasteiger partial charge in [0.2, 0.25) is 0 Å². The normalized spacial score (nSPS) is 15.3. The van der Waals surface area contributed by atoms with E-state index in [1.54, 1.807) is 11.3 Å². The van der Waals surface area contributed by atoms with Gasteiger partial charge in [0.25, 0.3) is 0 Å². The zero-order valence-electron chi connectivity index (χ0n) is 8.82. The molecule has 2 aromatic rings. The first-order valence-corrected chi connectivity index (χ1v) is 6.76. The third-order valence-corrected chi connectivity index (χ3v) is 3.95. The molecule has 1 aromatic carbocycles. The predicted molar refractivity (Wildman–Crippen MR) is 68.3 cm³/mol. The minimum Gasteiger partial charge on any atom is -0.246 e. The molecule has 0 radical (unpaired) electrons. The van der Waals surface area contributed by atoms with Crippen LogP contribution in [0.5, 0.6) is 0 Å². The van der Waals surface area contributed by atoms with Gasteiger partial charge < -0.3 is 0 Å². The second-order valence-electron chi connectivity index (χ2n) is 4.24. The number of hydrogen-bond acceptors (Lipinski definition) is 2. The van der Waals surface area contributed by atoms with Crippen molar-refractivity contribution in [2.45, 2.75) is 25.2 Å². The third-order valence-electron chi connectivity index (χ3n) is 2.83. The lowest BCUT2D eigenvalue weighted by Crippen LogP contribution is -1.87. The molecule has 16 heavy (non-hydrogen) atoms. The summed E-state index contributed by atoms with van der Waals surface area (Å²) in [6.07, 6.45) is 3.57. The van der Waals surface area contributed by atoms with Crippen LogP contribution in [0.1, 0.15) is 35.0 Å². The van der Waals surface area contributed by atoms with E-state index in [2.05, 4.69) is 22.5 Å². The zero-order chi connectivity index (χ0) is 11.0. The molecule has 1 fully saturated rings. The summed E-state index contributed by atoms with van der Waals surface area (Å²) < 4.78 is 0. The minimum atomic E-state index is 0.759. The van der Waals surface area contributed by atoms with E-state index in [0.717, 1.165) is 17.4 Å². The molecule has 1 aliphatic rings. The largest absolute Gasteiger partial charge is 0.246 e. The molecule has 0 N–H and O–H groups in total. The van der Waals surface area contributed by atoms with Gasteiger partial charge in [-0.25, -0.2) is 4.98 Å². The highest BCUT2D eigenvalue weighted by Crippen LogP contribution is 2.40. The molecule has 0 atom stereocenters. The highest BCUT2D eigenvalue weighted by Gasteiger charge is 2.25. The molecule has 1 saturated carbocycles. The summed E-state index contributed by atoms with van der Waals surface area (Å²) in [6, 6.07) is 8.01. The zero-order valence-corrected chi connectivity index (χ0v) is 10.4. The highest BCUT2D eigenvalue weighted by atomic mass is 35.5. The van der Waals surface area contributed by atoms with Crippen LogP contribution >= 0.6 is 22.9 Å². The maximum absolute atomic E-state index is 5.86. The number of thiazole rings is 1. The SMILES string of the molecule is Clc1ccc(Cc2nc(C3CC3)cs2)cc1. The van der Waals surface area contributed by atoms with E-state index in [1.807, 2.05) is 12.1 Å². The fraction of sp³-hybridized carbons (Fsp3) is 0.308. The summed E-state index contributed by atoms with van der Waals surface area (Å²) in [7, 11) is 0. The van der Waals surface area contributed by atoms with Gasteiger partial charge in [0.05, 0.1) is 10.7 Å². The van der Waals surface area contributed by atoms with E-state index in [4.69, 9.17) is 11.6 Å². The van der Waals surface area contributed by atoms with Crippen LogP contribution in [0.3, 0.4) is 0 Å². The van der Waals surface area contributed by atoms with Gasteiger partial charge in [0.15, 0.2) is 0 Å². The molecule has 0 unspecified atom stereocenters. The van der Waals surface area contributed by atoms with Crippen molar-refractivity contribution in [3.8, 4) is 0 Å². The number of hydrogen-bond donors (Lipinski definition) is 0. The Morgan fingerprint density at radius 1 is 1.25 bits per heavy atom. The molecule has 1 aromatic heterocycles. The van der Waals surface area contributed by atoms with Crippen LogP contribution in [0.25, 0.3) is 0 Å².